The molecular weight excluding hydrogens is 266 g/mol. The van der Waals surface area contributed by atoms with Gasteiger partial charge in [0.1, 0.15) is 19.0 Å². The Morgan fingerprint density at radius 3 is 2.71 bits per heavy atom. The van der Waals surface area contributed by atoms with Gasteiger partial charge in [-0.2, -0.15) is 5.10 Å². The maximum Gasteiger partial charge on any atom is 0.155 e. The molecule has 0 radical (unpaired) electrons. The molecule has 108 valence electrons. The molecule has 0 aliphatic carbocycles. The van der Waals surface area contributed by atoms with Gasteiger partial charge in [-0.15, -0.1) is 10.2 Å². The zero-order chi connectivity index (χ0) is 14.1. The number of aromatic nitrogens is 6. The summed E-state index contributed by atoms with van der Waals surface area (Å²) in [5.41, 5.74) is 2.10. The minimum atomic E-state index is 0.526. The second-order valence-corrected chi connectivity index (χ2v) is 5.46. The third-order valence-electron chi connectivity index (χ3n) is 4.18. The summed E-state index contributed by atoms with van der Waals surface area (Å²) in [4.78, 5) is 6.70. The Hall–Kier alpha value is -2.28. The Labute approximate surface area is 122 Å². The van der Waals surface area contributed by atoms with E-state index in [1.54, 1.807) is 6.33 Å². The van der Waals surface area contributed by atoms with Crippen LogP contribution in [0.3, 0.4) is 0 Å². The quantitative estimate of drug-likeness (QED) is 0.721. The monoisotopic (exact) mass is 283 g/mol. The van der Waals surface area contributed by atoms with Crippen LogP contribution in [0.1, 0.15) is 24.6 Å². The van der Waals surface area contributed by atoms with Crippen molar-refractivity contribution in [1.29, 1.82) is 0 Å². The van der Waals surface area contributed by atoms with Crippen molar-refractivity contribution in [3.8, 4) is 0 Å². The molecule has 3 aromatic rings. The third-order valence-corrected chi connectivity index (χ3v) is 4.18. The first-order valence-corrected chi connectivity index (χ1v) is 7.24. The highest BCUT2D eigenvalue weighted by Gasteiger charge is 2.21. The van der Waals surface area contributed by atoms with Crippen LogP contribution >= 0.6 is 0 Å². The summed E-state index contributed by atoms with van der Waals surface area (Å²) in [7, 11) is 0. The summed E-state index contributed by atoms with van der Waals surface area (Å²) in [6, 6.07) is 6.67. The fraction of sp³-hybridized carbons (Fsp3) is 0.429. The number of rotatable bonds is 3. The van der Waals surface area contributed by atoms with E-state index in [0.717, 1.165) is 38.1 Å². The van der Waals surface area contributed by atoms with E-state index in [-0.39, 0.29) is 0 Å². The normalized spacial score (nSPS) is 17.5. The zero-order valence-corrected chi connectivity index (χ0v) is 11.7. The molecule has 1 fully saturated rings. The van der Waals surface area contributed by atoms with Crippen molar-refractivity contribution in [2.24, 2.45) is 0 Å². The van der Waals surface area contributed by atoms with Gasteiger partial charge < -0.3 is 4.57 Å². The Bertz CT molecular complexity index is 710. The lowest BCUT2D eigenvalue weighted by atomic mass is 10.0. The van der Waals surface area contributed by atoms with Crippen molar-refractivity contribution >= 4 is 5.65 Å². The van der Waals surface area contributed by atoms with Gasteiger partial charge in [-0.05, 0) is 25.0 Å². The van der Waals surface area contributed by atoms with Crippen LogP contribution in [0, 0.1) is 0 Å². The summed E-state index contributed by atoms with van der Waals surface area (Å²) in [5, 5.41) is 12.1. The molecule has 0 atom stereocenters. The maximum absolute atomic E-state index is 4.30. The van der Waals surface area contributed by atoms with Crippen molar-refractivity contribution in [3.05, 3.63) is 42.9 Å². The fourth-order valence-corrected chi connectivity index (χ4v) is 3.02. The summed E-state index contributed by atoms with van der Waals surface area (Å²) in [6.07, 6.45) is 7.50. The van der Waals surface area contributed by atoms with Crippen molar-refractivity contribution in [2.75, 3.05) is 13.1 Å². The van der Waals surface area contributed by atoms with Crippen LogP contribution in [0.15, 0.2) is 37.2 Å². The van der Waals surface area contributed by atoms with Crippen molar-refractivity contribution in [2.45, 2.75) is 25.4 Å². The molecule has 7 nitrogen and oxygen atoms in total. The summed E-state index contributed by atoms with van der Waals surface area (Å²) < 4.78 is 4.04. The maximum atomic E-state index is 4.30. The van der Waals surface area contributed by atoms with Gasteiger partial charge in [-0.3, -0.25) is 4.90 Å². The number of hydrogen-bond donors (Lipinski definition) is 0. The number of nitrogens with zero attached hydrogens (tertiary/aromatic N) is 7. The standard InChI is InChI=1S/C14H17N7/c1-2-13(21-14(3-1)15-9-18-21)8-19-6-4-12(5-7-19)20-10-16-17-11-20/h1-3,9-12H,4-8H2. The average molecular weight is 283 g/mol. The number of hydrogen-bond acceptors (Lipinski definition) is 5. The van der Waals surface area contributed by atoms with Crippen LogP contribution in [0.4, 0.5) is 0 Å². The van der Waals surface area contributed by atoms with Gasteiger partial charge >= 0.3 is 0 Å². The van der Waals surface area contributed by atoms with Crippen LogP contribution < -0.4 is 0 Å². The highest BCUT2D eigenvalue weighted by atomic mass is 15.3. The molecule has 0 aromatic carbocycles. The average Bonchev–Trinajstić information content (AvgIpc) is 3.20. The van der Waals surface area contributed by atoms with E-state index in [2.05, 4.69) is 35.8 Å². The molecule has 0 spiro atoms. The van der Waals surface area contributed by atoms with Gasteiger partial charge in [0.15, 0.2) is 5.65 Å². The minimum Gasteiger partial charge on any atom is -0.317 e. The smallest absolute Gasteiger partial charge is 0.155 e. The first-order chi connectivity index (χ1) is 10.4. The molecular formula is C14H17N7. The van der Waals surface area contributed by atoms with Crippen LogP contribution in [0.25, 0.3) is 5.65 Å². The predicted octanol–water partition coefficient (Wildman–Crippen LogP) is 1.16. The lowest BCUT2D eigenvalue weighted by Crippen LogP contribution is -2.34. The predicted molar refractivity (Wildman–Crippen MR) is 76.6 cm³/mol. The van der Waals surface area contributed by atoms with Crippen LogP contribution in [0.2, 0.25) is 0 Å². The molecule has 1 saturated heterocycles. The Morgan fingerprint density at radius 2 is 1.90 bits per heavy atom. The van der Waals surface area contributed by atoms with Crippen LogP contribution in [-0.4, -0.2) is 47.4 Å². The SMILES string of the molecule is c1cc(CN2CCC(n3cnnc3)CC2)n2ncnc2c1. The van der Waals surface area contributed by atoms with E-state index in [1.165, 1.54) is 5.69 Å². The van der Waals surface area contributed by atoms with E-state index >= 15 is 0 Å². The van der Waals surface area contributed by atoms with E-state index in [0.29, 0.717) is 6.04 Å². The van der Waals surface area contributed by atoms with E-state index in [4.69, 9.17) is 0 Å². The fourth-order valence-electron chi connectivity index (χ4n) is 3.02. The van der Waals surface area contributed by atoms with Gasteiger partial charge in [0.05, 0.1) is 5.69 Å². The molecule has 0 bridgehead atoms. The Balaban J connectivity index is 1.44. The van der Waals surface area contributed by atoms with Gasteiger partial charge in [0.25, 0.3) is 0 Å². The molecule has 21 heavy (non-hydrogen) atoms. The minimum absolute atomic E-state index is 0.526. The molecule has 0 amide bonds. The number of likely N-dealkylation sites (tertiary alicyclic amines) is 1. The summed E-state index contributed by atoms with van der Waals surface area (Å²) in [5.74, 6) is 0. The molecule has 1 aliphatic heterocycles. The third kappa shape index (κ3) is 2.40. The molecule has 7 heteroatoms. The van der Waals surface area contributed by atoms with Crippen molar-refractivity contribution in [1.82, 2.24) is 34.3 Å². The summed E-state index contributed by atoms with van der Waals surface area (Å²) in [6.45, 7) is 3.07. The molecule has 1 aliphatic rings. The zero-order valence-electron chi connectivity index (χ0n) is 11.7. The van der Waals surface area contributed by atoms with E-state index in [1.807, 2.05) is 29.3 Å². The van der Waals surface area contributed by atoms with Gasteiger partial charge in [-0.25, -0.2) is 9.50 Å². The molecule has 4 heterocycles. The topological polar surface area (TPSA) is 64.1 Å². The van der Waals surface area contributed by atoms with Crippen molar-refractivity contribution < 1.29 is 0 Å². The second-order valence-electron chi connectivity index (χ2n) is 5.46. The lowest BCUT2D eigenvalue weighted by molar-refractivity contribution is 0.176. The molecule has 4 rings (SSSR count). The molecule has 0 saturated carbocycles. The number of piperidine rings is 1. The summed E-state index contributed by atoms with van der Waals surface area (Å²) >= 11 is 0. The van der Waals surface area contributed by atoms with Crippen molar-refractivity contribution in [3.63, 3.8) is 0 Å². The Kier molecular flexibility index (Phi) is 3.11. The van der Waals surface area contributed by atoms with E-state index < -0.39 is 0 Å². The van der Waals surface area contributed by atoms with Crippen LogP contribution in [-0.2, 0) is 6.54 Å². The van der Waals surface area contributed by atoms with Crippen LogP contribution in [0.5, 0.6) is 0 Å². The van der Waals surface area contributed by atoms with Gasteiger partial charge in [0.2, 0.25) is 0 Å². The Morgan fingerprint density at radius 1 is 1.10 bits per heavy atom. The lowest BCUT2D eigenvalue weighted by Gasteiger charge is -2.32. The highest BCUT2D eigenvalue weighted by molar-refractivity contribution is 5.37. The largest absolute Gasteiger partial charge is 0.317 e. The number of pyridine rings is 1. The second kappa shape index (κ2) is 5.25. The first-order valence-electron chi connectivity index (χ1n) is 7.24. The highest BCUT2D eigenvalue weighted by Crippen LogP contribution is 2.22. The molecule has 0 unspecified atom stereocenters. The van der Waals surface area contributed by atoms with Gasteiger partial charge in [0, 0.05) is 25.7 Å². The van der Waals surface area contributed by atoms with E-state index in [9.17, 15) is 0 Å². The molecule has 3 aromatic heterocycles. The van der Waals surface area contributed by atoms with Gasteiger partial charge in [-0.1, -0.05) is 6.07 Å². The molecule has 0 N–H and O–H groups in total. The number of fused-ring (bicyclic) bond motifs is 1. The first kappa shape index (κ1) is 12.5.